The first-order valence-corrected chi connectivity index (χ1v) is 8.37. The summed E-state index contributed by atoms with van der Waals surface area (Å²) in [5.74, 6) is 0.598. The van der Waals surface area contributed by atoms with Gasteiger partial charge in [0.1, 0.15) is 5.75 Å². The number of halogens is 2. The molecule has 0 saturated heterocycles. The number of benzene rings is 1. The minimum absolute atomic E-state index is 0. The molecule has 0 amide bonds. The van der Waals surface area contributed by atoms with Gasteiger partial charge in [-0.1, -0.05) is 13.8 Å². The zero-order valence-electron chi connectivity index (χ0n) is 12.6. The smallest absolute Gasteiger partial charge is 0.243 e. The zero-order valence-corrected chi connectivity index (χ0v) is 15.8. The molecule has 2 N–H and O–H groups in total. The SMILES string of the molecule is COc1ccc(S(=O)(=O)N(C)CC(C)(C)CN)c(Br)c1.Cl. The van der Waals surface area contributed by atoms with Crippen molar-refractivity contribution >= 4 is 38.4 Å². The highest BCUT2D eigenvalue weighted by Crippen LogP contribution is 2.29. The monoisotopic (exact) mass is 400 g/mol. The summed E-state index contributed by atoms with van der Waals surface area (Å²) < 4.78 is 32.0. The molecule has 5 nitrogen and oxygen atoms in total. The van der Waals surface area contributed by atoms with E-state index in [0.29, 0.717) is 23.3 Å². The lowest BCUT2D eigenvalue weighted by atomic mass is 9.94. The summed E-state index contributed by atoms with van der Waals surface area (Å²) >= 11 is 3.28. The van der Waals surface area contributed by atoms with Gasteiger partial charge in [0.05, 0.1) is 12.0 Å². The lowest BCUT2D eigenvalue weighted by Gasteiger charge is -2.28. The average molecular weight is 402 g/mol. The molecule has 122 valence electrons. The second-order valence-corrected chi connectivity index (χ2v) is 8.29. The molecule has 0 heterocycles. The summed E-state index contributed by atoms with van der Waals surface area (Å²) in [5.41, 5.74) is 5.38. The fourth-order valence-electron chi connectivity index (χ4n) is 1.74. The normalized spacial score (nSPS) is 12.1. The van der Waals surface area contributed by atoms with Gasteiger partial charge < -0.3 is 10.5 Å². The van der Waals surface area contributed by atoms with Crippen molar-refractivity contribution in [2.24, 2.45) is 11.1 Å². The van der Waals surface area contributed by atoms with Crippen LogP contribution in [-0.2, 0) is 10.0 Å². The Morgan fingerprint density at radius 3 is 2.38 bits per heavy atom. The molecule has 21 heavy (non-hydrogen) atoms. The van der Waals surface area contributed by atoms with Crippen LogP contribution in [0.4, 0.5) is 0 Å². The van der Waals surface area contributed by atoms with Gasteiger partial charge in [0, 0.05) is 18.1 Å². The number of methoxy groups -OCH3 is 1. The maximum atomic E-state index is 12.6. The largest absolute Gasteiger partial charge is 0.497 e. The van der Waals surface area contributed by atoms with Crippen LogP contribution in [0.25, 0.3) is 0 Å². The van der Waals surface area contributed by atoms with E-state index in [1.54, 1.807) is 19.2 Å². The first kappa shape index (κ1) is 20.7. The average Bonchev–Trinajstić information content (AvgIpc) is 2.37. The first-order valence-electron chi connectivity index (χ1n) is 6.14. The van der Waals surface area contributed by atoms with Crippen LogP contribution in [0.5, 0.6) is 5.75 Å². The molecule has 0 spiro atoms. The van der Waals surface area contributed by atoms with Crippen molar-refractivity contribution in [1.29, 1.82) is 0 Å². The van der Waals surface area contributed by atoms with Crippen molar-refractivity contribution in [3.8, 4) is 5.75 Å². The molecule has 0 bridgehead atoms. The van der Waals surface area contributed by atoms with Crippen LogP contribution >= 0.6 is 28.3 Å². The number of rotatable bonds is 6. The highest BCUT2D eigenvalue weighted by molar-refractivity contribution is 9.10. The molecular weight excluding hydrogens is 380 g/mol. The molecule has 0 atom stereocenters. The van der Waals surface area contributed by atoms with Gasteiger partial charge >= 0.3 is 0 Å². The quantitative estimate of drug-likeness (QED) is 0.795. The Balaban J connectivity index is 0.00000400. The van der Waals surface area contributed by atoms with E-state index in [2.05, 4.69) is 15.9 Å². The van der Waals surface area contributed by atoms with Gasteiger partial charge in [0.2, 0.25) is 10.0 Å². The van der Waals surface area contributed by atoms with E-state index < -0.39 is 10.0 Å². The maximum absolute atomic E-state index is 12.6. The Hall–Kier alpha value is -0.340. The number of ether oxygens (including phenoxy) is 1. The molecule has 0 aromatic heterocycles. The minimum Gasteiger partial charge on any atom is -0.497 e. The molecule has 0 unspecified atom stereocenters. The summed E-state index contributed by atoms with van der Waals surface area (Å²) in [6.45, 7) is 4.63. The van der Waals surface area contributed by atoms with Crippen molar-refractivity contribution in [2.75, 3.05) is 27.2 Å². The Kier molecular flexibility index (Phi) is 7.66. The Morgan fingerprint density at radius 1 is 1.38 bits per heavy atom. The third-order valence-corrected chi connectivity index (χ3v) is 5.81. The van der Waals surface area contributed by atoms with Crippen LogP contribution < -0.4 is 10.5 Å². The summed E-state index contributed by atoms with van der Waals surface area (Å²) in [7, 11) is -0.470. The molecule has 1 aromatic rings. The third-order valence-electron chi connectivity index (χ3n) is 3.03. The highest BCUT2D eigenvalue weighted by Gasteiger charge is 2.28. The van der Waals surface area contributed by atoms with E-state index >= 15 is 0 Å². The van der Waals surface area contributed by atoms with Crippen molar-refractivity contribution in [3.63, 3.8) is 0 Å². The third kappa shape index (κ3) is 5.10. The molecule has 0 aliphatic rings. The fourth-order valence-corrected chi connectivity index (χ4v) is 4.11. The summed E-state index contributed by atoms with van der Waals surface area (Å²) in [5, 5.41) is 0. The van der Waals surface area contributed by atoms with Gasteiger partial charge in [-0.2, -0.15) is 0 Å². The van der Waals surface area contributed by atoms with Gasteiger partial charge in [0.15, 0.2) is 0 Å². The minimum atomic E-state index is -3.56. The van der Waals surface area contributed by atoms with Crippen molar-refractivity contribution in [2.45, 2.75) is 18.7 Å². The van der Waals surface area contributed by atoms with E-state index in [1.165, 1.54) is 17.5 Å². The topological polar surface area (TPSA) is 72.6 Å². The Labute approximate surface area is 141 Å². The molecule has 1 rings (SSSR count). The lowest BCUT2D eigenvalue weighted by Crippen LogP contribution is -2.39. The highest BCUT2D eigenvalue weighted by atomic mass is 79.9. The standard InChI is InChI=1S/C13H21BrN2O3S.ClH/c1-13(2,8-15)9-16(3)20(17,18)12-6-5-10(19-4)7-11(12)14;/h5-7H,8-9,15H2,1-4H3;1H. The van der Waals surface area contributed by atoms with E-state index in [-0.39, 0.29) is 22.7 Å². The maximum Gasteiger partial charge on any atom is 0.243 e. The van der Waals surface area contributed by atoms with E-state index in [1.807, 2.05) is 13.8 Å². The molecule has 0 fully saturated rings. The molecule has 8 heteroatoms. The van der Waals surface area contributed by atoms with Crippen molar-refractivity contribution < 1.29 is 13.2 Å². The number of hydrogen-bond donors (Lipinski definition) is 1. The van der Waals surface area contributed by atoms with Crippen LogP contribution in [0, 0.1) is 5.41 Å². The van der Waals surface area contributed by atoms with Crippen LogP contribution in [0.15, 0.2) is 27.6 Å². The van der Waals surface area contributed by atoms with E-state index in [9.17, 15) is 8.42 Å². The number of nitrogens with two attached hydrogens (primary N) is 1. The summed E-state index contributed by atoms with van der Waals surface area (Å²) in [4.78, 5) is 0.216. The van der Waals surface area contributed by atoms with E-state index in [4.69, 9.17) is 10.5 Å². The number of sulfonamides is 1. The van der Waals surface area contributed by atoms with Gasteiger partial charge in [-0.25, -0.2) is 12.7 Å². The Bertz CT molecular complexity index is 579. The lowest BCUT2D eigenvalue weighted by molar-refractivity contribution is 0.292. The van der Waals surface area contributed by atoms with Gasteiger partial charge in [-0.3, -0.25) is 0 Å². The van der Waals surface area contributed by atoms with Crippen LogP contribution in [0.3, 0.4) is 0 Å². The second-order valence-electron chi connectivity index (χ2n) is 5.43. The molecule has 0 aliphatic carbocycles. The molecular formula is C13H22BrClN2O3S. The molecule has 0 saturated carbocycles. The van der Waals surface area contributed by atoms with Crippen LogP contribution in [0.1, 0.15) is 13.8 Å². The van der Waals surface area contributed by atoms with E-state index in [0.717, 1.165) is 0 Å². The van der Waals surface area contributed by atoms with Crippen molar-refractivity contribution in [1.82, 2.24) is 4.31 Å². The number of hydrogen-bond acceptors (Lipinski definition) is 4. The van der Waals surface area contributed by atoms with Gasteiger partial charge in [-0.05, 0) is 46.1 Å². The van der Waals surface area contributed by atoms with Gasteiger partial charge in [-0.15, -0.1) is 12.4 Å². The fraction of sp³-hybridized carbons (Fsp3) is 0.538. The molecule has 0 radical (unpaired) electrons. The van der Waals surface area contributed by atoms with Crippen LogP contribution in [-0.4, -0.2) is 40.0 Å². The second kappa shape index (κ2) is 7.78. The number of nitrogens with zero attached hydrogens (tertiary/aromatic N) is 1. The molecule has 1 aromatic carbocycles. The van der Waals surface area contributed by atoms with Gasteiger partial charge in [0.25, 0.3) is 0 Å². The summed E-state index contributed by atoms with van der Waals surface area (Å²) in [6.07, 6.45) is 0. The Morgan fingerprint density at radius 2 is 1.95 bits per heavy atom. The zero-order chi connectivity index (χ0) is 15.6. The summed E-state index contributed by atoms with van der Waals surface area (Å²) in [6, 6.07) is 4.79. The van der Waals surface area contributed by atoms with Crippen LogP contribution in [0.2, 0.25) is 0 Å². The molecule has 0 aliphatic heterocycles. The first-order chi connectivity index (χ1) is 9.14. The predicted octanol–water partition coefficient (Wildman–Crippen LogP) is 2.48. The van der Waals surface area contributed by atoms with Crippen molar-refractivity contribution in [3.05, 3.63) is 22.7 Å². The predicted molar refractivity (Wildman–Crippen MR) is 90.6 cm³/mol.